The van der Waals surface area contributed by atoms with Gasteiger partial charge in [-0.05, 0) is 18.2 Å². The number of nitrogens with zero attached hydrogens (tertiary/aromatic N) is 6. The molecule has 10 nitrogen and oxygen atoms in total. The maximum absolute atomic E-state index is 11.8. The molecule has 1 fully saturated rings. The number of aldehydes is 1. The number of fused-ring (bicyclic) bond motifs is 1. The molecule has 0 unspecified atom stereocenters. The van der Waals surface area contributed by atoms with Crippen LogP contribution in [0, 0.1) is 0 Å². The summed E-state index contributed by atoms with van der Waals surface area (Å²) < 4.78 is 26.8. The zero-order valence-electron chi connectivity index (χ0n) is 16.4. The molecule has 5 rings (SSSR count). The second-order valence-electron chi connectivity index (χ2n) is 7.27. The number of hydrogen-bond acceptors (Lipinski definition) is 8. The quantitative estimate of drug-likeness (QED) is 0.472. The van der Waals surface area contributed by atoms with E-state index in [2.05, 4.69) is 15.2 Å². The number of aromatic nitrogens is 5. The van der Waals surface area contributed by atoms with Gasteiger partial charge in [0.05, 0.1) is 40.2 Å². The summed E-state index contributed by atoms with van der Waals surface area (Å²) in [6.07, 6.45) is 4.08. The average molecular weight is 437 g/mol. The summed E-state index contributed by atoms with van der Waals surface area (Å²) in [5.41, 5.74) is 9.10. The average Bonchev–Trinajstić information content (AvgIpc) is 3.41. The third kappa shape index (κ3) is 3.32. The standard InChI is InChI=1S/C20H19N7O3S/c21-18-16(13-28)19(25-8-10-31(29,30)11-9-25)23-20-15(12-22-27(18)20)17-6-7-26(24-17)14-4-2-1-3-5-14/h1-7,12-13H,8-11,21H2. The Morgan fingerprint density at radius 2 is 1.81 bits per heavy atom. The SMILES string of the molecule is Nc1c(C=O)c(N2CCS(=O)(=O)CC2)nc2c(-c3ccn(-c4ccccc4)n3)cnn12. The van der Waals surface area contributed by atoms with E-state index in [9.17, 15) is 13.2 Å². The first-order chi connectivity index (χ1) is 15.0. The molecule has 2 N–H and O–H groups in total. The number of nitrogen functional groups attached to an aromatic ring is 1. The Morgan fingerprint density at radius 3 is 2.52 bits per heavy atom. The molecular weight excluding hydrogens is 418 g/mol. The van der Waals surface area contributed by atoms with E-state index < -0.39 is 9.84 Å². The summed E-state index contributed by atoms with van der Waals surface area (Å²) in [6.45, 7) is 0.496. The summed E-state index contributed by atoms with van der Waals surface area (Å²) in [5.74, 6) is 0.522. The number of hydrogen-bond donors (Lipinski definition) is 1. The third-order valence-corrected chi connectivity index (χ3v) is 6.96. The van der Waals surface area contributed by atoms with Crippen molar-refractivity contribution < 1.29 is 13.2 Å². The van der Waals surface area contributed by atoms with Crippen molar-refractivity contribution in [2.24, 2.45) is 0 Å². The van der Waals surface area contributed by atoms with Gasteiger partial charge in [-0.3, -0.25) is 4.79 Å². The molecule has 0 amide bonds. The monoisotopic (exact) mass is 437 g/mol. The maximum atomic E-state index is 11.8. The zero-order valence-corrected chi connectivity index (χ0v) is 17.2. The van der Waals surface area contributed by atoms with Gasteiger partial charge in [0.25, 0.3) is 0 Å². The molecule has 31 heavy (non-hydrogen) atoms. The van der Waals surface area contributed by atoms with Gasteiger partial charge in [-0.25, -0.2) is 18.1 Å². The van der Waals surface area contributed by atoms with Crippen LogP contribution in [0.5, 0.6) is 0 Å². The summed E-state index contributed by atoms with van der Waals surface area (Å²) in [5, 5.41) is 8.93. The predicted octanol–water partition coefficient (Wildman–Crippen LogP) is 1.21. The van der Waals surface area contributed by atoms with Gasteiger partial charge in [-0.2, -0.15) is 14.7 Å². The fourth-order valence-electron chi connectivity index (χ4n) is 3.67. The lowest BCUT2D eigenvalue weighted by Crippen LogP contribution is -2.41. The maximum Gasteiger partial charge on any atom is 0.169 e. The number of carbonyl (C=O) groups excluding carboxylic acids is 1. The number of benzene rings is 1. The van der Waals surface area contributed by atoms with Crippen molar-refractivity contribution in [3.8, 4) is 16.9 Å². The van der Waals surface area contributed by atoms with Crippen LogP contribution in [-0.4, -0.2) is 63.7 Å². The van der Waals surface area contributed by atoms with Gasteiger partial charge in [0.2, 0.25) is 0 Å². The number of carbonyl (C=O) groups is 1. The molecule has 3 aromatic heterocycles. The molecule has 1 saturated heterocycles. The first-order valence-electron chi connectivity index (χ1n) is 9.66. The van der Waals surface area contributed by atoms with E-state index in [1.54, 1.807) is 15.8 Å². The van der Waals surface area contributed by atoms with Crippen molar-refractivity contribution in [3.05, 3.63) is 54.4 Å². The molecule has 4 aromatic rings. The number of nitrogens with two attached hydrogens (primary N) is 1. The highest BCUT2D eigenvalue weighted by atomic mass is 32.2. The number of rotatable bonds is 4. The van der Waals surface area contributed by atoms with Crippen molar-refractivity contribution in [1.82, 2.24) is 24.4 Å². The number of anilines is 2. The Labute approximate surface area is 177 Å². The molecule has 0 saturated carbocycles. The minimum atomic E-state index is -3.08. The molecule has 1 aromatic carbocycles. The molecule has 0 bridgehead atoms. The zero-order chi connectivity index (χ0) is 21.6. The Bertz CT molecular complexity index is 1380. The molecule has 0 atom stereocenters. The lowest BCUT2D eigenvalue weighted by atomic mass is 10.2. The number of para-hydroxylation sites is 1. The Kier molecular flexibility index (Phi) is 4.47. The van der Waals surface area contributed by atoms with E-state index in [0.29, 0.717) is 29.0 Å². The highest BCUT2D eigenvalue weighted by Gasteiger charge is 2.27. The Balaban J connectivity index is 1.61. The predicted molar refractivity (Wildman–Crippen MR) is 116 cm³/mol. The van der Waals surface area contributed by atoms with Gasteiger partial charge in [-0.15, -0.1) is 0 Å². The minimum absolute atomic E-state index is 0.00562. The van der Waals surface area contributed by atoms with Crippen LogP contribution in [0.25, 0.3) is 22.6 Å². The van der Waals surface area contributed by atoms with Crippen molar-refractivity contribution in [2.45, 2.75) is 0 Å². The summed E-state index contributed by atoms with van der Waals surface area (Å²) in [6, 6.07) is 11.5. The van der Waals surface area contributed by atoms with Crippen LogP contribution in [-0.2, 0) is 9.84 Å². The van der Waals surface area contributed by atoms with Crippen LogP contribution in [0.2, 0.25) is 0 Å². The van der Waals surface area contributed by atoms with E-state index in [-0.39, 0.29) is 36.0 Å². The smallest absolute Gasteiger partial charge is 0.169 e. The third-order valence-electron chi connectivity index (χ3n) is 5.35. The molecule has 11 heteroatoms. The summed E-state index contributed by atoms with van der Waals surface area (Å²) in [7, 11) is -3.08. The molecule has 1 aliphatic heterocycles. The lowest BCUT2D eigenvalue weighted by Gasteiger charge is -2.29. The van der Waals surface area contributed by atoms with E-state index in [0.717, 1.165) is 5.69 Å². The normalized spacial score (nSPS) is 15.9. The van der Waals surface area contributed by atoms with Crippen molar-refractivity contribution in [2.75, 3.05) is 35.2 Å². The molecule has 158 valence electrons. The Hall–Kier alpha value is -3.73. The molecule has 0 spiro atoms. The fraction of sp³-hybridized carbons (Fsp3) is 0.200. The molecule has 0 aliphatic carbocycles. The van der Waals surface area contributed by atoms with Gasteiger partial charge in [-0.1, -0.05) is 18.2 Å². The van der Waals surface area contributed by atoms with E-state index in [1.807, 2.05) is 42.6 Å². The molecular formula is C20H19N7O3S. The van der Waals surface area contributed by atoms with Crippen LogP contribution in [0.4, 0.5) is 11.6 Å². The summed E-state index contributed by atoms with van der Waals surface area (Å²) in [4.78, 5) is 18.2. The lowest BCUT2D eigenvalue weighted by molar-refractivity contribution is 0.112. The number of sulfone groups is 1. The van der Waals surface area contributed by atoms with Crippen molar-refractivity contribution in [1.29, 1.82) is 0 Å². The largest absolute Gasteiger partial charge is 0.383 e. The van der Waals surface area contributed by atoms with Gasteiger partial charge in [0.1, 0.15) is 11.6 Å². The van der Waals surface area contributed by atoms with Crippen molar-refractivity contribution in [3.63, 3.8) is 0 Å². The minimum Gasteiger partial charge on any atom is -0.383 e. The van der Waals surface area contributed by atoms with Crippen LogP contribution in [0.1, 0.15) is 10.4 Å². The highest BCUT2D eigenvalue weighted by molar-refractivity contribution is 7.91. The van der Waals surface area contributed by atoms with Crippen LogP contribution in [0.3, 0.4) is 0 Å². The summed E-state index contributed by atoms with van der Waals surface area (Å²) >= 11 is 0. The van der Waals surface area contributed by atoms with E-state index >= 15 is 0 Å². The topological polar surface area (TPSA) is 128 Å². The second kappa shape index (κ2) is 7.20. The van der Waals surface area contributed by atoms with Crippen LogP contribution >= 0.6 is 0 Å². The molecule has 4 heterocycles. The second-order valence-corrected chi connectivity index (χ2v) is 9.57. The first-order valence-corrected chi connectivity index (χ1v) is 11.5. The van der Waals surface area contributed by atoms with E-state index in [4.69, 9.17) is 5.73 Å². The Morgan fingerprint density at radius 1 is 1.06 bits per heavy atom. The van der Waals surface area contributed by atoms with Gasteiger partial charge < -0.3 is 10.6 Å². The van der Waals surface area contributed by atoms with Crippen LogP contribution < -0.4 is 10.6 Å². The van der Waals surface area contributed by atoms with E-state index in [1.165, 1.54) is 4.52 Å². The first kappa shape index (κ1) is 19.2. The molecule has 0 radical (unpaired) electrons. The van der Waals surface area contributed by atoms with Crippen molar-refractivity contribution >= 4 is 33.4 Å². The fourth-order valence-corrected chi connectivity index (χ4v) is 4.87. The van der Waals surface area contributed by atoms with Crippen LogP contribution in [0.15, 0.2) is 48.8 Å². The molecule has 1 aliphatic rings. The highest BCUT2D eigenvalue weighted by Crippen LogP contribution is 2.30. The van der Waals surface area contributed by atoms with Gasteiger partial charge >= 0.3 is 0 Å². The van der Waals surface area contributed by atoms with Gasteiger partial charge in [0.15, 0.2) is 21.8 Å². The van der Waals surface area contributed by atoms with Gasteiger partial charge in [0, 0.05) is 19.3 Å².